The van der Waals surface area contributed by atoms with E-state index in [0.717, 1.165) is 39.8 Å². The molecule has 1 heterocycles. The van der Waals surface area contributed by atoms with E-state index in [1.807, 2.05) is 24.3 Å². The number of rotatable bonds is 3. The average Bonchev–Trinajstić information content (AvgIpc) is 2.83. The van der Waals surface area contributed by atoms with Crippen LogP contribution < -0.4 is 4.74 Å². The van der Waals surface area contributed by atoms with Crippen LogP contribution in [0.5, 0.6) is 5.75 Å². The number of thiophene rings is 1. The zero-order chi connectivity index (χ0) is 13.2. The summed E-state index contributed by atoms with van der Waals surface area (Å²) in [5, 5.41) is 10.0. The van der Waals surface area contributed by atoms with Gasteiger partial charge in [0.1, 0.15) is 12.4 Å². The number of aryl methyl sites for hydroxylation is 1. The van der Waals surface area contributed by atoms with Crippen molar-refractivity contribution in [3.8, 4) is 5.75 Å². The minimum atomic E-state index is -0.344. The first-order valence-corrected chi connectivity index (χ1v) is 7.60. The lowest BCUT2D eigenvalue weighted by atomic mass is 9.89. The van der Waals surface area contributed by atoms with Crippen LogP contribution in [-0.4, -0.2) is 5.11 Å². The molecule has 1 aromatic carbocycles. The highest BCUT2D eigenvalue weighted by atomic mass is 35.5. The molecule has 0 radical (unpaired) electrons. The second-order valence-corrected chi connectivity index (χ2v) is 6.56. The van der Waals surface area contributed by atoms with Crippen LogP contribution in [0.1, 0.15) is 34.9 Å². The van der Waals surface area contributed by atoms with E-state index in [4.69, 9.17) is 16.3 Å². The van der Waals surface area contributed by atoms with E-state index in [-0.39, 0.29) is 6.10 Å². The van der Waals surface area contributed by atoms with E-state index >= 15 is 0 Å². The summed E-state index contributed by atoms with van der Waals surface area (Å²) in [5.41, 5.74) is 2.26. The lowest BCUT2D eigenvalue weighted by molar-refractivity contribution is 0.156. The Morgan fingerprint density at radius 2 is 2.21 bits per heavy atom. The molecule has 0 amide bonds. The van der Waals surface area contributed by atoms with Crippen molar-refractivity contribution in [3.63, 3.8) is 0 Å². The Morgan fingerprint density at radius 3 is 3.00 bits per heavy atom. The molecule has 0 unspecified atom stereocenters. The highest BCUT2D eigenvalue weighted by molar-refractivity contribution is 7.16. The molecule has 0 bridgehead atoms. The molecule has 4 heteroatoms. The van der Waals surface area contributed by atoms with Crippen LogP contribution >= 0.6 is 22.9 Å². The molecule has 1 aliphatic rings. The van der Waals surface area contributed by atoms with E-state index < -0.39 is 0 Å². The number of ether oxygens (including phenoxy) is 1. The second-order valence-electron chi connectivity index (χ2n) is 4.76. The van der Waals surface area contributed by atoms with Crippen molar-refractivity contribution < 1.29 is 9.84 Å². The van der Waals surface area contributed by atoms with Crippen LogP contribution in [0.25, 0.3) is 0 Å². The number of halogens is 1. The third kappa shape index (κ3) is 2.94. The summed E-state index contributed by atoms with van der Waals surface area (Å²) >= 11 is 7.41. The Hall–Kier alpha value is -1.03. The van der Waals surface area contributed by atoms with Crippen molar-refractivity contribution in [2.45, 2.75) is 32.0 Å². The Labute approximate surface area is 121 Å². The Balaban J connectivity index is 1.73. The van der Waals surface area contributed by atoms with Gasteiger partial charge in [0, 0.05) is 4.88 Å². The monoisotopic (exact) mass is 294 g/mol. The number of aliphatic hydroxyl groups is 1. The van der Waals surface area contributed by atoms with Gasteiger partial charge in [-0.25, -0.2) is 0 Å². The summed E-state index contributed by atoms with van der Waals surface area (Å²) < 4.78 is 6.54. The lowest BCUT2D eigenvalue weighted by Gasteiger charge is -2.21. The van der Waals surface area contributed by atoms with Crippen LogP contribution in [0, 0.1) is 0 Å². The SMILES string of the molecule is O[C@H]1CCCc2ccc(OCc3ccc(Cl)s3)cc21. The van der Waals surface area contributed by atoms with Gasteiger partial charge in [0.15, 0.2) is 0 Å². The minimum absolute atomic E-state index is 0.344. The number of hydrogen-bond acceptors (Lipinski definition) is 3. The first-order valence-electron chi connectivity index (χ1n) is 6.40. The molecule has 0 aliphatic heterocycles. The van der Waals surface area contributed by atoms with Crippen LogP contribution in [0.3, 0.4) is 0 Å². The van der Waals surface area contributed by atoms with Gasteiger partial charge in [-0.1, -0.05) is 17.7 Å². The van der Waals surface area contributed by atoms with Crippen LogP contribution in [0.4, 0.5) is 0 Å². The first-order chi connectivity index (χ1) is 9.22. The van der Waals surface area contributed by atoms with E-state index in [0.29, 0.717) is 6.61 Å². The quantitative estimate of drug-likeness (QED) is 0.912. The van der Waals surface area contributed by atoms with Gasteiger partial charge in [-0.3, -0.25) is 0 Å². The van der Waals surface area contributed by atoms with Gasteiger partial charge in [0.2, 0.25) is 0 Å². The number of aliphatic hydroxyl groups excluding tert-OH is 1. The van der Waals surface area contributed by atoms with E-state index in [9.17, 15) is 5.11 Å². The molecule has 0 saturated heterocycles. The molecule has 3 rings (SSSR count). The summed E-state index contributed by atoms with van der Waals surface area (Å²) in [6, 6.07) is 9.86. The molecule has 1 atom stereocenters. The van der Waals surface area contributed by atoms with E-state index in [1.165, 1.54) is 16.9 Å². The molecule has 1 aromatic heterocycles. The fraction of sp³-hybridized carbons (Fsp3) is 0.333. The minimum Gasteiger partial charge on any atom is -0.488 e. The molecule has 2 nitrogen and oxygen atoms in total. The lowest BCUT2D eigenvalue weighted by Crippen LogP contribution is -2.09. The fourth-order valence-corrected chi connectivity index (χ4v) is 3.43. The van der Waals surface area contributed by atoms with Crippen molar-refractivity contribution >= 4 is 22.9 Å². The molecule has 19 heavy (non-hydrogen) atoms. The van der Waals surface area contributed by atoms with Gasteiger partial charge in [-0.15, -0.1) is 11.3 Å². The van der Waals surface area contributed by atoms with Gasteiger partial charge < -0.3 is 9.84 Å². The molecular formula is C15H15ClO2S. The van der Waals surface area contributed by atoms with Crippen molar-refractivity contribution in [2.24, 2.45) is 0 Å². The molecule has 0 saturated carbocycles. The fourth-order valence-electron chi connectivity index (χ4n) is 2.43. The first kappa shape index (κ1) is 13.0. The molecule has 0 spiro atoms. The van der Waals surface area contributed by atoms with Gasteiger partial charge in [-0.05, 0) is 54.7 Å². The summed E-state index contributed by atoms with van der Waals surface area (Å²) in [6.07, 6.45) is 2.61. The van der Waals surface area contributed by atoms with Crippen molar-refractivity contribution in [1.82, 2.24) is 0 Å². The largest absolute Gasteiger partial charge is 0.488 e. The highest BCUT2D eigenvalue weighted by Gasteiger charge is 2.18. The third-order valence-electron chi connectivity index (χ3n) is 3.41. The topological polar surface area (TPSA) is 29.5 Å². The number of fused-ring (bicyclic) bond motifs is 1. The van der Waals surface area contributed by atoms with Gasteiger partial charge in [-0.2, -0.15) is 0 Å². The zero-order valence-electron chi connectivity index (χ0n) is 10.4. The third-order valence-corrected chi connectivity index (χ3v) is 4.61. The van der Waals surface area contributed by atoms with Crippen LogP contribution in [0.2, 0.25) is 4.34 Å². The predicted octanol–water partition coefficient (Wildman–Crippen LogP) is 4.35. The van der Waals surface area contributed by atoms with E-state index in [2.05, 4.69) is 6.07 Å². The summed E-state index contributed by atoms with van der Waals surface area (Å²) in [7, 11) is 0. The van der Waals surface area contributed by atoms with Gasteiger partial charge >= 0.3 is 0 Å². The van der Waals surface area contributed by atoms with Crippen LogP contribution in [0.15, 0.2) is 30.3 Å². The summed E-state index contributed by atoms with van der Waals surface area (Å²) in [6.45, 7) is 0.520. The Bertz CT molecular complexity index is 579. The average molecular weight is 295 g/mol. The number of benzene rings is 1. The summed E-state index contributed by atoms with van der Waals surface area (Å²) in [4.78, 5) is 1.10. The molecule has 0 fully saturated rings. The van der Waals surface area contributed by atoms with E-state index in [1.54, 1.807) is 0 Å². The molecule has 100 valence electrons. The highest BCUT2D eigenvalue weighted by Crippen LogP contribution is 2.32. The summed E-state index contributed by atoms with van der Waals surface area (Å²) in [5.74, 6) is 0.809. The Kier molecular flexibility index (Phi) is 3.78. The van der Waals surface area contributed by atoms with Crippen molar-refractivity contribution in [3.05, 3.63) is 50.7 Å². The Morgan fingerprint density at radius 1 is 1.32 bits per heavy atom. The van der Waals surface area contributed by atoms with Gasteiger partial charge in [0.25, 0.3) is 0 Å². The maximum Gasteiger partial charge on any atom is 0.122 e. The maximum atomic E-state index is 10.0. The smallest absolute Gasteiger partial charge is 0.122 e. The molecule has 1 aliphatic carbocycles. The number of hydrogen-bond donors (Lipinski definition) is 1. The molecule has 1 N–H and O–H groups in total. The predicted molar refractivity (Wildman–Crippen MR) is 78.0 cm³/mol. The van der Waals surface area contributed by atoms with Crippen molar-refractivity contribution in [1.29, 1.82) is 0 Å². The van der Waals surface area contributed by atoms with Gasteiger partial charge in [0.05, 0.1) is 10.4 Å². The normalized spacial score (nSPS) is 18.1. The molecule has 2 aromatic rings. The standard InChI is InChI=1S/C15H15ClO2S/c16-15-7-6-12(19-15)9-18-11-5-4-10-2-1-3-14(17)13(10)8-11/h4-8,14,17H,1-3,9H2/t14-/m0/s1. The zero-order valence-corrected chi connectivity index (χ0v) is 12.0. The maximum absolute atomic E-state index is 10.0. The van der Waals surface area contributed by atoms with Crippen LogP contribution in [-0.2, 0) is 13.0 Å². The second kappa shape index (κ2) is 5.53. The molecular weight excluding hydrogens is 280 g/mol. The van der Waals surface area contributed by atoms with Crippen molar-refractivity contribution in [2.75, 3.05) is 0 Å².